The first kappa shape index (κ1) is 9.66. The fourth-order valence-electron chi connectivity index (χ4n) is 0.929. The Morgan fingerprint density at radius 3 is 2.23 bits per heavy atom. The molecule has 0 spiro atoms. The van der Waals surface area contributed by atoms with Gasteiger partial charge in [0.15, 0.2) is 5.66 Å². The highest BCUT2D eigenvalue weighted by atomic mass is 16.7. The molecule has 5 nitrogen and oxygen atoms in total. The molecule has 1 rings (SSSR count). The van der Waals surface area contributed by atoms with Crippen molar-refractivity contribution in [1.29, 1.82) is 0 Å². The van der Waals surface area contributed by atoms with E-state index in [4.69, 9.17) is 11.5 Å². The van der Waals surface area contributed by atoms with Crippen LogP contribution in [0, 0.1) is 0 Å². The second-order valence-electron chi connectivity index (χ2n) is 2.64. The average Bonchev–Trinajstić information content (AvgIpc) is 2.18. The predicted octanol–water partition coefficient (Wildman–Crippen LogP) is -0.826. The Hall–Kier alpha value is -1.43. The van der Waals surface area contributed by atoms with E-state index in [9.17, 15) is 4.79 Å². The topological polar surface area (TPSA) is 104 Å². The molecule has 0 amide bonds. The first-order chi connectivity index (χ1) is 6.09. The molecule has 0 unspecified atom stereocenters. The molecule has 0 bridgehead atoms. The fourth-order valence-corrected chi connectivity index (χ4v) is 0.929. The molecule has 0 heterocycles. The van der Waals surface area contributed by atoms with Crippen molar-refractivity contribution in [3.05, 3.63) is 35.9 Å². The number of benzene rings is 1. The SMILES string of the molecule is NOC(=O)C(N)(N)c1ccccc1. The van der Waals surface area contributed by atoms with Crippen molar-refractivity contribution >= 4 is 5.97 Å². The van der Waals surface area contributed by atoms with Crippen LogP contribution >= 0.6 is 0 Å². The Morgan fingerprint density at radius 2 is 1.77 bits per heavy atom. The Labute approximate surface area is 75.4 Å². The van der Waals surface area contributed by atoms with Crippen LogP contribution in [0.1, 0.15) is 5.56 Å². The van der Waals surface area contributed by atoms with E-state index in [1.54, 1.807) is 30.3 Å². The lowest BCUT2D eigenvalue weighted by atomic mass is 10.0. The van der Waals surface area contributed by atoms with Gasteiger partial charge in [-0.05, 0) is 5.56 Å². The van der Waals surface area contributed by atoms with Crippen molar-refractivity contribution in [2.75, 3.05) is 0 Å². The van der Waals surface area contributed by atoms with Gasteiger partial charge in [-0.2, -0.15) is 5.90 Å². The summed E-state index contributed by atoms with van der Waals surface area (Å²) in [5, 5.41) is 0. The third kappa shape index (κ3) is 1.83. The quantitative estimate of drug-likeness (QED) is 0.408. The van der Waals surface area contributed by atoms with Crippen LogP contribution in [0.3, 0.4) is 0 Å². The van der Waals surface area contributed by atoms with Gasteiger partial charge in [0.2, 0.25) is 0 Å². The summed E-state index contributed by atoms with van der Waals surface area (Å²) in [5.74, 6) is 3.81. The van der Waals surface area contributed by atoms with Crippen molar-refractivity contribution in [3.8, 4) is 0 Å². The first-order valence-electron chi connectivity index (χ1n) is 3.63. The molecular weight excluding hydrogens is 170 g/mol. The van der Waals surface area contributed by atoms with Gasteiger partial charge in [0, 0.05) is 0 Å². The van der Waals surface area contributed by atoms with E-state index in [2.05, 4.69) is 10.7 Å². The van der Waals surface area contributed by atoms with Crippen LogP contribution in [0.15, 0.2) is 30.3 Å². The van der Waals surface area contributed by atoms with Gasteiger partial charge in [-0.1, -0.05) is 30.3 Å². The molecule has 0 aliphatic rings. The standard InChI is InChI=1S/C8H11N3O2/c9-8(10,7(12)13-11)6-4-2-1-3-5-6/h1-5H,9-11H2. The second kappa shape index (κ2) is 3.53. The average molecular weight is 181 g/mol. The van der Waals surface area contributed by atoms with Gasteiger partial charge in [0.25, 0.3) is 0 Å². The number of rotatable bonds is 2. The van der Waals surface area contributed by atoms with Crippen molar-refractivity contribution in [2.45, 2.75) is 5.66 Å². The largest absolute Gasteiger partial charge is 0.371 e. The zero-order valence-electron chi connectivity index (χ0n) is 6.94. The van der Waals surface area contributed by atoms with Gasteiger partial charge in [-0.15, -0.1) is 0 Å². The van der Waals surface area contributed by atoms with Crippen LogP contribution < -0.4 is 17.4 Å². The van der Waals surface area contributed by atoms with Gasteiger partial charge < -0.3 is 16.3 Å². The van der Waals surface area contributed by atoms with Crippen LogP contribution in [0.25, 0.3) is 0 Å². The third-order valence-electron chi connectivity index (χ3n) is 1.70. The van der Waals surface area contributed by atoms with E-state index >= 15 is 0 Å². The van der Waals surface area contributed by atoms with E-state index < -0.39 is 11.6 Å². The molecule has 1 aromatic rings. The van der Waals surface area contributed by atoms with Gasteiger partial charge in [0.05, 0.1) is 0 Å². The summed E-state index contributed by atoms with van der Waals surface area (Å²) in [7, 11) is 0. The molecule has 0 aromatic heterocycles. The summed E-state index contributed by atoms with van der Waals surface area (Å²) < 4.78 is 0. The molecule has 0 saturated carbocycles. The molecule has 70 valence electrons. The predicted molar refractivity (Wildman–Crippen MR) is 46.8 cm³/mol. The normalized spacial score (nSPS) is 11.0. The van der Waals surface area contributed by atoms with Crippen LogP contribution in [-0.2, 0) is 15.3 Å². The second-order valence-corrected chi connectivity index (χ2v) is 2.64. The van der Waals surface area contributed by atoms with Gasteiger partial charge in [-0.3, -0.25) is 0 Å². The maximum atomic E-state index is 11.0. The lowest BCUT2D eigenvalue weighted by Crippen LogP contribution is -2.54. The van der Waals surface area contributed by atoms with Crippen molar-refractivity contribution < 1.29 is 9.63 Å². The minimum atomic E-state index is -1.68. The maximum Gasteiger partial charge on any atom is 0.364 e. The highest BCUT2D eigenvalue weighted by Crippen LogP contribution is 2.12. The van der Waals surface area contributed by atoms with Crippen molar-refractivity contribution in [2.24, 2.45) is 17.4 Å². The molecule has 0 saturated heterocycles. The summed E-state index contributed by atoms with van der Waals surface area (Å²) in [5.41, 5.74) is 9.80. The Kier molecular flexibility index (Phi) is 2.62. The number of hydrogen-bond acceptors (Lipinski definition) is 5. The summed E-state index contributed by atoms with van der Waals surface area (Å²) in [6, 6.07) is 8.46. The van der Waals surface area contributed by atoms with E-state index in [0.29, 0.717) is 5.56 Å². The lowest BCUT2D eigenvalue weighted by Gasteiger charge is -2.20. The Bertz CT molecular complexity index is 298. The minimum Gasteiger partial charge on any atom is -0.371 e. The molecule has 6 N–H and O–H groups in total. The van der Waals surface area contributed by atoms with Gasteiger partial charge in [-0.25, -0.2) is 4.79 Å². The van der Waals surface area contributed by atoms with Crippen molar-refractivity contribution in [1.82, 2.24) is 0 Å². The third-order valence-corrected chi connectivity index (χ3v) is 1.70. The zero-order valence-corrected chi connectivity index (χ0v) is 6.94. The fraction of sp³-hybridized carbons (Fsp3) is 0.125. The molecule has 0 aliphatic carbocycles. The molecule has 0 aliphatic heterocycles. The number of carbonyl (C=O) groups excluding carboxylic acids is 1. The highest BCUT2D eigenvalue weighted by Gasteiger charge is 2.32. The van der Waals surface area contributed by atoms with Crippen LogP contribution in [0.2, 0.25) is 0 Å². The zero-order chi connectivity index (χ0) is 9.90. The van der Waals surface area contributed by atoms with Crippen LogP contribution in [0.4, 0.5) is 0 Å². The Morgan fingerprint density at radius 1 is 1.23 bits per heavy atom. The summed E-state index contributed by atoms with van der Waals surface area (Å²) in [6.45, 7) is 0. The van der Waals surface area contributed by atoms with Crippen LogP contribution in [0.5, 0.6) is 0 Å². The maximum absolute atomic E-state index is 11.0. The highest BCUT2D eigenvalue weighted by molar-refractivity contribution is 5.81. The van der Waals surface area contributed by atoms with E-state index in [1.165, 1.54) is 0 Å². The van der Waals surface area contributed by atoms with E-state index in [-0.39, 0.29) is 0 Å². The van der Waals surface area contributed by atoms with E-state index in [1.807, 2.05) is 0 Å². The molecule has 13 heavy (non-hydrogen) atoms. The van der Waals surface area contributed by atoms with E-state index in [0.717, 1.165) is 0 Å². The molecular formula is C8H11N3O2. The number of hydrogen-bond donors (Lipinski definition) is 3. The smallest absolute Gasteiger partial charge is 0.364 e. The minimum absolute atomic E-state index is 0.449. The first-order valence-corrected chi connectivity index (χ1v) is 3.63. The number of nitrogens with two attached hydrogens (primary N) is 3. The molecule has 5 heteroatoms. The van der Waals surface area contributed by atoms with Gasteiger partial charge >= 0.3 is 5.97 Å². The summed E-state index contributed by atoms with van der Waals surface area (Å²) in [4.78, 5) is 15.0. The lowest BCUT2D eigenvalue weighted by molar-refractivity contribution is -0.151. The molecule has 0 fully saturated rings. The van der Waals surface area contributed by atoms with Crippen LogP contribution in [-0.4, -0.2) is 5.97 Å². The molecule has 0 radical (unpaired) electrons. The Balaban J connectivity index is 3.00. The summed E-state index contributed by atoms with van der Waals surface area (Å²) >= 11 is 0. The molecule has 0 atom stereocenters. The van der Waals surface area contributed by atoms with Crippen molar-refractivity contribution in [3.63, 3.8) is 0 Å². The summed E-state index contributed by atoms with van der Waals surface area (Å²) in [6.07, 6.45) is 0. The number of carbonyl (C=O) groups is 1. The van der Waals surface area contributed by atoms with Gasteiger partial charge in [0.1, 0.15) is 0 Å². The molecule has 1 aromatic carbocycles. The monoisotopic (exact) mass is 181 g/mol.